The van der Waals surface area contributed by atoms with E-state index in [1.807, 2.05) is 0 Å². The summed E-state index contributed by atoms with van der Waals surface area (Å²) in [6.45, 7) is 0. The first-order valence-electron chi connectivity index (χ1n) is 2.87. The van der Waals surface area contributed by atoms with E-state index < -0.39 is 23.7 Å². The van der Waals surface area contributed by atoms with Crippen LogP contribution in [0.4, 0.5) is 8.78 Å². The summed E-state index contributed by atoms with van der Waals surface area (Å²) in [6, 6.07) is -1.92. The van der Waals surface area contributed by atoms with Gasteiger partial charge >= 0.3 is 0 Å². The predicted octanol–water partition coefficient (Wildman–Crippen LogP) is 0.361. The lowest BCUT2D eigenvalue weighted by Crippen LogP contribution is -2.29. The van der Waals surface area contributed by atoms with Crippen molar-refractivity contribution in [1.82, 2.24) is 0 Å². The van der Waals surface area contributed by atoms with Gasteiger partial charge in [0.25, 0.3) is 0 Å². The molecule has 0 fully saturated rings. The molecular weight excluding hydrogens is 138 g/mol. The first-order chi connectivity index (χ1) is 4.61. The van der Waals surface area contributed by atoms with E-state index in [0.29, 0.717) is 0 Å². The van der Waals surface area contributed by atoms with Gasteiger partial charge in [0.1, 0.15) is 11.7 Å². The summed E-state index contributed by atoms with van der Waals surface area (Å²) in [6.07, 6.45) is 1.94. The standard InChI is InChI=1S/C6H8F2N2/c7-3-1-5(9)4(8)2-6(3)10/h1-2,5-6H,9-10H2. The Bertz CT molecular complexity index is 176. The van der Waals surface area contributed by atoms with E-state index in [-0.39, 0.29) is 0 Å². The van der Waals surface area contributed by atoms with Gasteiger partial charge in [0.2, 0.25) is 0 Å². The highest BCUT2D eigenvalue weighted by molar-refractivity contribution is 5.26. The zero-order chi connectivity index (χ0) is 7.72. The lowest BCUT2D eigenvalue weighted by Gasteiger charge is -2.14. The molecule has 0 radical (unpaired) electrons. The van der Waals surface area contributed by atoms with Gasteiger partial charge < -0.3 is 11.5 Å². The summed E-state index contributed by atoms with van der Waals surface area (Å²) in [4.78, 5) is 0. The summed E-state index contributed by atoms with van der Waals surface area (Å²) < 4.78 is 24.9. The molecule has 0 bridgehead atoms. The molecule has 2 unspecified atom stereocenters. The van der Waals surface area contributed by atoms with E-state index in [1.54, 1.807) is 0 Å². The molecule has 4 N–H and O–H groups in total. The minimum absolute atomic E-state index is 0.575. The van der Waals surface area contributed by atoms with E-state index in [2.05, 4.69) is 0 Å². The second kappa shape index (κ2) is 2.48. The first-order valence-corrected chi connectivity index (χ1v) is 2.87. The normalized spacial score (nSPS) is 33.2. The van der Waals surface area contributed by atoms with Crippen molar-refractivity contribution in [2.24, 2.45) is 11.5 Å². The number of rotatable bonds is 0. The smallest absolute Gasteiger partial charge is 0.119 e. The fourth-order valence-electron chi connectivity index (χ4n) is 0.725. The van der Waals surface area contributed by atoms with Crippen LogP contribution in [0.2, 0.25) is 0 Å². The van der Waals surface area contributed by atoms with Crippen LogP contribution in [0.3, 0.4) is 0 Å². The van der Waals surface area contributed by atoms with Crippen molar-refractivity contribution in [3.8, 4) is 0 Å². The largest absolute Gasteiger partial charge is 0.319 e. The van der Waals surface area contributed by atoms with Crippen LogP contribution >= 0.6 is 0 Å². The van der Waals surface area contributed by atoms with Crippen LogP contribution in [-0.2, 0) is 0 Å². The van der Waals surface area contributed by atoms with Gasteiger partial charge in [0.05, 0.1) is 12.1 Å². The summed E-state index contributed by atoms with van der Waals surface area (Å²) in [7, 11) is 0. The van der Waals surface area contributed by atoms with Gasteiger partial charge in [-0.05, 0) is 12.2 Å². The molecule has 0 spiro atoms. The molecule has 10 heavy (non-hydrogen) atoms. The summed E-state index contributed by atoms with van der Waals surface area (Å²) in [5.41, 5.74) is 10.2. The third kappa shape index (κ3) is 1.22. The highest BCUT2D eigenvalue weighted by Gasteiger charge is 2.18. The summed E-state index contributed by atoms with van der Waals surface area (Å²) >= 11 is 0. The third-order valence-electron chi connectivity index (χ3n) is 1.31. The van der Waals surface area contributed by atoms with E-state index in [4.69, 9.17) is 11.5 Å². The van der Waals surface area contributed by atoms with Gasteiger partial charge in [-0.15, -0.1) is 0 Å². The Morgan fingerprint density at radius 1 is 1.00 bits per heavy atom. The van der Waals surface area contributed by atoms with Crippen molar-refractivity contribution in [1.29, 1.82) is 0 Å². The van der Waals surface area contributed by atoms with E-state index in [0.717, 1.165) is 12.2 Å². The van der Waals surface area contributed by atoms with Crippen molar-refractivity contribution in [2.45, 2.75) is 12.1 Å². The zero-order valence-corrected chi connectivity index (χ0v) is 5.22. The van der Waals surface area contributed by atoms with Gasteiger partial charge in [-0.1, -0.05) is 0 Å². The predicted molar refractivity (Wildman–Crippen MR) is 34.3 cm³/mol. The second-order valence-electron chi connectivity index (χ2n) is 2.15. The zero-order valence-electron chi connectivity index (χ0n) is 5.22. The molecule has 4 heteroatoms. The molecule has 0 saturated carbocycles. The Balaban J connectivity index is 2.81. The maximum absolute atomic E-state index is 12.4. The molecule has 0 saturated heterocycles. The van der Waals surface area contributed by atoms with Crippen molar-refractivity contribution < 1.29 is 8.78 Å². The van der Waals surface area contributed by atoms with Crippen LogP contribution in [0.1, 0.15) is 0 Å². The number of hydrogen-bond acceptors (Lipinski definition) is 2. The highest BCUT2D eigenvalue weighted by atomic mass is 19.1. The van der Waals surface area contributed by atoms with E-state index in [1.165, 1.54) is 0 Å². The van der Waals surface area contributed by atoms with Crippen molar-refractivity contribution in [3.63, 3.8) is 0 Å². The van der Waals surface area contributed by atoms with Crippen LogP contribution in [0.5, 0.6) is 0 Å². The maximum atomic E-state index is 12.4. The van der Waals surface area contributed by atoms with Gasteiger partial charge in [-0.25, -0.2) is 8.78 Å². The molecule has 1 rings (SSSR count). The summed E-state index contributed by atoms with van der Waals surface area (Å²) in [5, 5.41) is 0. The van der Waals surface area contributed by atoms with Gasteiger partial charge in [-0.2, -0.15) is 0 Å². The molecule has 1 aliphatic rings. The van der Waals surface area contributed by atoms with Crippen LogP contribution in [0, 0.1) is 0 Å². The third-order valence-corrected chi connectivity index (χ3v) is 1.31. The first kappa shape index (κ1) is 7.37. The monoisotopic (exact) mass is 146 g/mol. The Labute approximate surface area is 57.2 Å². The quantitative estimate of drug-likeness (QED) is 0.518. The van der Waals surface area contributed by atoms with Crippen LogP contribution < -0.4 is 11.5 Å². The molecule has 2 nitrogen and oxygen atoms in total. The average Bonchev–Trinajstić information content (AvgIpc) is 1.84. The molecule has 0 aromatic rings. The van der Waals surface area contributed by atoms with Crippen LogP contribution in [0.25, 0.3) is 0 Å². The Kier molecular flexibility index (Phi) is 1.82. The molecule has 1 aliphatic carbocycles. The number of nitrogens with two attached hydrogens (primary N) is 2. The molecule has 0 aromatic carbocycles. The van der Waals surface area contributed by atoms with E-state index >= 15 is 0 Å². The molecule has 0 heterocycles. The minimum atomic E-state index is -0.959. The molecule has 2 atom stereocenters. The van der Waals surface area contributed by atoms with Crippen molar-refractivity contribution in [3.05, 3.63) is 23.8 Å². The van der Waals surface area contributed by atoms with Crippen molar-refractivity contribution >= 4 is 0 Å². The fourth-order valence-corrected chi connectivity index (χ4v) is 0.725. The molecule has 0 amide bonds. The Hall–Kier alpha value is -0.740. The molecule has 56 valence electrons. The average molecular weight is 146 g/mol. The van der Waals surface area contributed by atoms with Crippen molar-refractivity contribution in [2.75, 3.05) is 0 Å². The van der Waals surface area contributed by atoms with Crippen LogP contribution in [0.15, 0.2) is 23.8 Å². The maximum Gasteiger partial charge on any atom is 0.119 e. The van der Waals surface area contributed by atoms with Gasteiger partial charge in [-0.3, -0.25) is 0 Å². The fraction of sp³-hybridized carbons (Fsp3) is 0.333. The number of halogens is 2. The Morgan fingerprint density at radius 2 is 1.30 bits per heavy atom. The topological polar surface area (TPSA) is 52.0 Å². The molecule has 0 aromatic heterocycles. The molecular formula is C6H8F2N2. The van der Waals surface area contributed by atoms with Crippen LogP contribution in [-0.4, -0.2) is 12.1 Å². The van der Waals surface area contributed by atoms with Gasteiger partial charge in [0, 0.05) is 0 Å². The lowest BCUT2D eigenvalue weighted by atomic mass is 10.1. The highest BCUT2D eigenvalue weighted by Crippen LogP contribution is 2.17. The minimum Gasteiger partial charge on any atom is -0.319 e. The second-order valence-corrected chi connectivity index (χ2v) is 2.15. The molecule has 0 aliphatic heterocycles. The SMILES string of the molecule is NC1C=C(F)C(N)C=C1F. The lowest BCUT2D eigenvalue weighted by molar-refractivity contribution is 0.512. The van der Waals surface area contributed by atoms with Gasteiger partial charge in [0.15, 0.2) is 0 Å². The van der Waals surface area contributed by atoms with E-state index in [9.17, 15) is 8.78 Å². The summed E-state index contributed by atoms with van der Waals surface area (Å²) in [5.74, 6) is -1.15. The Morgan fingerprint density at radius 3 is 1.60 bits per heavy atom. The number of hydrogen-bond donors (Lipinski definition) is 2.